The predicted octanol–water partition coefficient (Wildman–Crippen LogP) is 3.82. The number of hydrogen-bond donors (Lipinski definition) is 1. The first-order valence-corrected chi connectivity index (χ1v) is 7.56. The second-order valence-corrected chi connectivity index (χ2v) is 6.20. The van der Waals surface area contributed by atoms with Crippen molar-refractivity contribution in [1.82, 2.24) is 9.97 Å². The minimum Gasteiger partial charge on any atom is -0.383 e. The molecule has 5 heteroatoms. The van der Waals surface area contributed by atoms with E-state index in [1.54, 1.807) is 18.4 Å². The van der Waals surface area contributed by atoms with Gasteiger partial charge in [-0.1, -0.05) is 30.3 Å². The fourth-order valence-electron chi connectivity index (χ4n) is 2.16. The normalized spacial score (nSPS) is 12.0. The molecule has 0 radical (unpaired) electrons. The zero-order chi connectivity index (χ0) is 15.0. The highest BCUT2D eigenvalue weighted by molar-refractivity contribution is 7.17. The van der Waals surface area contributed by atoms with Crippen LogP contribution in [0.1, 0.15) is 19.7 Å². The summed E-state index contributed by atoms with van der Waals surface area (Å²) in [6.07, 6.45) is 0. The molecule has 2 N–H and O–H groups in total. The maximum atomic E-state index is 6.19. The Morgan fingerprint density at radius 3 is 2.52 bits per heavy atom. The summed E-state index contributed by atoms with van der Waals surface area (Å²) in [7, 11) is 1.65. The average molecular weight is 299 g/mol. The summed E-state index contributed by atoms with van der Waals surface area (Å²) in [4.78, 5) is 9.97. The molecule has 0 unspecified atom stereocenters. The second-order valence-electron chi connectivity index (χ2n) is 5.34. The van der Waals surface area contributed by atoms with Crippen molar-refractivity contribution in [3.8, 4) is 11.1 Å². The molecule has 3 aromatic rings. The van der Waals surface area contributed by atoms with Crippen molar-refractivity contribution < 1.29 is 4.74 Å². The molecule has 0 bridgehead atoms. The van der Waals surface area contributed by atoms with Crippen molar-refractivity contribution in [2.75, 3.05) is 12.8 Å². The Kier molecular flexibility index (Phi) is 3.39. The SMILES string of the molecule is COC(C)(C)c1nc(N)c2c(-c3ccccc3)csc2n1. The minimum atomic E-state index is -0.556. The lowest BCUT2D eigenvalue weighted by atomic mass is 10.1. The minimum absolute atomic E-state index is 0.500. The molecule has 0 aliphatic carbocycles. The van der Waals surface area contributed by atoms with E-state index in [2.05, 4.69) is 27.5 Å². The van der Waals surface area contributed by atoms with Gasteiger partial charge in [-0.3, -0.25) is 0 Å². The van der Waals surface area contributed by atoms with Crippen molar-refractivity contribution in [3.63, 3.8) is 0 Å². The molecular weight excluding hydrogens is 282 g/mol. The van der Waals surface area contributed by atoms with Gasteiger partial charge in [-0.2, -0.15) is 0 Å². The number of anilines is 1. The van der Waals surface area contributed by atoms with E-state index in [4.69, 9.17) is 10.5 Å². The van der Waals surface area contributed by atoms with Gasteiger partial charge in [0.2, 0.25) is 0 Å². The van der Waals surface area contributed by atoms with E-state index in [1.165, 1.54) is 0 Å². The molecule has 0 atom stereocenters. The van der Waals surface area contributed by atoms with Gasteiger partial charge in [0, 0.05) is 18.1 Å². The van der Waals surface area contributed by atoms with E-state index < -0.39 is 5.60 Å². The maximum absolute atomic E-state index is 6.19. The standard InChI is InChI=1S/C16H17N3OS/c1-16(2,20-3)15-18-13(17)12-11(9-21-14(12)19-15)10-7-5-4-6-8-10/h4-9H,1-3H3,(H2,17,18,19). The first-order chi connectivity index (χ1) is 10.0. The summed E-state index contributed by atoms with van der Waals surface area (Å²) in [6.45, 7) is 3.86. The van der Waals surface area contributed by atoms with E-state index in [0.717, 1.165) is 21.3 Å². The van der Waals surface area contributed by atoms with Crippen LogP contribution < -0.4 is 5.73 Å². The van der Waals surface area contributed by atoms with E-state index in [-0.39, 0.29) is 0 Å². The Labute approximate surface area is 127 Å². The molecule has 2 heterocycles. The van der Waals surface area contributed by atoms with Crippen molar-refractivity contribution in [2.24, 2.45) is 0 Å². The fraction of sp³-hybridized carbons (Fsp3) is 0.250. The van der Waals surface area contributed by atoms with Crippen LogP contribution in [0.15, 0.2) is 35.7 Å². The van der Waals surface area contributed by atoms with Gasteiger partial charge in [-0.25, -0.2) is 9.97 Å². The van der Waals surface area contributed by atoms with Crippen LogP contribution in [-0.4, -0.2) is 17.1 Å². The monoisotopic (exact) mass is 299 g/mol. The molecule has 3 rings (SSSR count). The number of rotatable bonds is 3. The van der Waals surface area contributed by atoms with E-state index in [9.17, 15) is 0 Å². The van der Waals surface area contributed by atoms with Crippen molar-refractivity contribution in [1.29, 1.82) is 0 Å². The Hall–Kier alpha value is -1.98. The van der Waals surface area contributed by atoms with Crippen LogP contribution in [0.4, 0.5) is 5.82 Å². The summed E-state index contributed by atoms with van der Waals surface area (Å²) in [5.74, 6) is 1.11. The number of benzene rings is 1. The molecule has 0 aliphatic rings. The van der Waals surface area contributed by atoms with Crippen LogP contribution in [0.2, 0.25) is 0 Å². The number of nitrogens with two attached hydrogens (primary N) is 1. The van der Waals surface area contributed by atoms with Gasteiger partial charge in [-0.05, 0) is 19.4 Å². The average Bonchev–Trinajstić information content (AvgIpc) is 2.92. The second kappa shape index (κ2) is 5.09. The lowest BCUT2D eigenvalue weighted by molar-refractivity contribution is 0.0119. The molecule has 21 heavy (non-hydrogen) atoms. The molecule has 1 aromatic carbocycles. The van der Waals surface area contributed by atoms with Crippen molar-refractivity contribution in [3.05, 3.63) is 41.5 Å². The molecular formula is C16H17N3OS. The third-order valence-corrected chi connectivity index (χ3v) is 4.47. The number of fused-ring (bicyclic) bond motifs is 1. The largest absolute Gasteiger partial charge is 0.383 e. The van der Waals surface area contributed by atoms with Crippen molar-refractivity contribution in [2.45, 2.75) is 19.4 Å². The van der Waals surface area contributed by atoms with Crippen LogP contribution in [0.25, 0.3) is 21.3 Å². The van der Waals surface area contributed by atoms with Gasteiger partial charge in [0.05, 0.1) is 5.39 Å². The fourth-order valence-corrected chi connectivity index (χ4v) is 3.11. The summed E-state index contributed by atoms with van der Waals surface area (Å²) in [6, 6.07) is 10.1. The number of aromatic nitrogens is 2. The first-order valence-electron chi connectivity index (χ1n) is 6.68. The lowest BCUT2D eigenvalue weighted by Crippen LogP contribution is -2.23. The van der Waals surface area contributed by atoms with Crippen LogP contribution in [-0.2, 0) is 10.3 Å². The molecule has 0 amide bonds. The van der Waals surface area contributed by atoms with E-state index in [0.29, 0.717) is 11.6 Å². The molecule has 108 valence electrons. The number of ether oxygens (including phenoxy) is 1. The van der Waals surface area contributed by atoms with Crippen molar-refractivity contribution >= 4 is 27.4 Å². The van der Waals surface area contributed by atoms with Crippen LogP contribution >= 0.6 is 11.3 Å². The molecule has 0 spiro atoms. The summed E-state index contributed by atoms with van der Waals surface area (Å²) < 4.78 is 5.44. The summed E-state index contributed by atoms with van der Waals surface area (Å²) >= 11 is 1.58. The first kappa shape index (κ1) is 14.0. The van der Waals surface area contributed by atoms with Gasteiger partial charge in [0.1, 0.15) is 16.2 Å². The van der Waals surface area contributed by atoms with Gasteiger partial charge in [-0.15, -0.1) is 11.3 Å². The van der Waals surface area contributed by atoms with Gasteiger partial charge < -0.3 is 10.5 Å². The molecule has 2 aromatic heterocycles. The quantitative estimate of drug-likeness (QED) is 0.798. The maximum Gasteiger partial charge on any atom is 0.163 e. The van der Waals surface area contributed by atoms with Crippen LogP contribution in [0, 0.1) is 0 Å². The van der Waals surface area contributed by atoms with Gasteiger partial charge >= 0.3 is 0 Å². The third kappa shape index (κ3) is 2.39. The highest BCUT2D eigenvalue weighted by atomic mass is 32.1. The predicted molar refractivity (Wildman–Crippen MR) is 87.3 cm³/mol. The highest BCUT2D eigenvalue weighted by Gasteiger charge is 2.25. The Morgan fingerprint density at radius 1 is 1.14 bits per heavy atom. The smallest absolute Gasteiger partial charge is 0.163 e. The number of methoxy groups -OCH3 is 1. The Morgan fingerprint density at radius 2 is 1.86 bits per heavy atom. The number of nitrogens with zero attached hydrogens (tertiary/aromatic N) is 2. The topological polar surface area (TPSA) is 61.0 Å². The number of nitrogen functional groups attached to an aromatic ring is 1. The van der Waals surface area contributed by atoms with E-state index >= 15 is 0 Å². The number of hydrogen-bond acceptors (Lipinski definition) is 5. The molecule has 0 saturated heterocycles. The number of thiophene rings is 1. The van der Waals surface area contributed by atoms with Gasteiger partial charge in [0.15, 0.2) is 5.82 Å². The highest BCUT2D eigenvalue weighted by Crippen LogP contribution is 2.37. The zero-order valence-electron chi connectivity index (χ0n) is 12.3. The zero-order valence-corrected chi connectivity index (χ0v) is 13.1. The van der Waals surface area contributed by atoms with Crippen LogP contribution in [0.3, 0.4) is 0 Å². The van der Waals surface area contributed by atoms with E-state index in [1.807, 2.05) is 32.0 Å². The summed E-state index contributed by atoms with van der Waals surface area (Å²) in [5, 5.41) is 3.00. The Balaban J connectivity index is 2.21. The Bertz CT molecular complexity index is 781. The molecule has 0 fully saturated rings. The van der Waals surface area contributed by atoms with Crippen LogP contribution in [0.5, 0.6) is 0 Å². The lowest BCUT2D eigenvalue weighted by Gasteiger charge is -2.21. The third-order valence-electron chi connectivity index (χ3n) is 3.60. The summed E-state index contributed by atoms with van der Waals surface area (Å²) in [5.41, 5.74) is 7.84. The molecule has 0 aliphatic heterocycles. The molecule has 0 saturated carbocycles. The molecule has 4 nitrogen and oxygen atoms in total. The van der Waals surface area contributed by atoms with Gasteiger partial charge in [0.25, 0.3) is 0 Å².